The number of carbonyl (C=O) groups is 1. The smallest absolute Gasteiger partial charge is 0.406 e. The highest BCUT2D eigenvalue weighted by Crippen LogP contribution is 2.41. The molecule has 0 saturated carbocycles. The number of hydrogen-bond donors (Lipinski definition) is 3. The van der Waals surface area contributed by atoms with Gasteiger partial charge in [0, 0.05) is 52.5 Å². The SMILES string of the molecule is CN=S1(=O)CCC(F)(c2c(F)cc(C(=N)C[C@@H](O)CNC(=O)OC)cc2F)CC1. The normalized spacial score (nSPS) is 25.2. The molecule has 1 heterocycles. The van der Waals surface area contributed by atoms with Crippen LogP contribution in [-0.4, -0.2) is 59.4 Å². The van der Waals surface area contributed by atoms with Crippen molar-refractivity contribution in [3.8, 4) is 0 Å². The number of benzene rings is 1. The Kier molecular flexibility index (Phi) is 7.28. The molecule has 3 N–H and O–H groups in total. The molecule has 11 heteroatoms. The molecule has 1 fully saturated rings. The molecule has 1 aliphatic rings. The fourth-order valence-corrected chi connectivity index (χ4v) is 5.03. The van der Waals surface area contributed by atoms with Gasteiger partial charge in [0.2, 0.25) is 0 Å². The van der Waals surface area contributed by atoms with Crippen LogP contribution in [0.3, 0.4) is 0 Å². The van der Waals surface area contributed by atoms with Gasteiger partial charge in [0.1, 0.15) is 17.3 Å². The van der Waals surface area contributed by atoms with Crippen molar-refractivity contribution in [2.45, 2.75) is 31.0 Å². The van der Waals surface area contributed by atoms with E-state index in [1.54, 1.807) is 0 Å². The Hall–Kier alpha value is -2.14. The summed E-state index contributed by atoms with van der Waals surface area (Å²) in [6.07, 6.45) is -2.86. The van der Waals surface area contributed by atoms with Gasteiger partial charge in [-0.05, 0) is 25.0 Å². The summed E-state index contributed by atoms with van der Waals surface area (Å²) in [6, 6.07) is 1.69. The summed E-state index contributed by atoms with van der Waals surface area (Å²) < 4.78 is 64.8. The number of alkyl carbamates (subject to hydrolysis) is 1. The van der Waals surface area contributed by atoms with Gasteiger partial charge >= 0.3 is 6.09 Å². The van der Waals surface area contributed by atoms with Crippen molar-refractivity contribution in [1.82, 2.24) is 5.32 Å². The van der Waals surface area contributed by atoms with Crippen LogP contribution in [0.25, 0.3) is 0 Å². The van der Waals surface area contributed by atoms with Crippen LogP contribution >= 0.6 is 0 Å². The molecule has 1 saturated heterocycles. The molecule has 2 rings (SSSR count). The zero-order chi connectivity index (χ0) is 21.8. The lowest BCUT2D eigenvalue weighted by Crippen LogP contribution is -2.35. The summed E-state index contributed by atoms with van der Waals surface area (Å²) in [5.74, 6) is -2.46. The molecule has 0 spiro atoms. The molecule has 0 unspecified atom stereocenters. The van der Waals surface area contributed by atoms with Crippen molar-refractivity contribution >= 4 is 21.5 Å². The van der Waals surface area contributed by atoms with Crippen molar-refractivity contribution in [2.24, 2.45) is 4.36 Å². The number of nitrogens with one attached hydrogen (secondary N) is 2. The third kappa shape index (κ3) is 5.47. The van der Waals surface area contributed by atoms with E-state index in [0.717, 1.165) is 19.2 Å². The Morgan fingerprint density at radius 1 is 1.38 bits per heavy atom. The van der Waals surface area contributed by atoms with Crippen molar-refractivity contribution in [2.75, 3.05) is 32.2 Å². The first-order valence-corrected chi connectivity index (χ1v) is 10.8. The van der Waals surface area contributed by atoms with Crippen LogP contribution in [0.15, 0.2) is 16.5 Å². The minimum atomic E-state index is -2.54. The molecule has 29 heavy (non-hydrogen) atoms. The largest absolute Gasteiger partial charge is 0.453 e. The van der Waals surface area contributed by atoms with E-state index >= 15 is 4.39 Å². The lowest BCUT2D eigenvalue weighted by atomic mass is 9.87. The number of nitrogens with zero attached hydrogens (tertiary/aromatic N) is 1. The van der Waals surface area contributed by atoms with Gasteiger partial charge in [-0.15, -0.1) is 0 Å². The highest BCUT2D eigenvalue weighted by Gasteiger charge is 2.42. The van der Waals surface area contributed by atoms with Gasteiger partial charge in [-0.3, -0.25) is 0 Å². The summed E-state index contributed by atoms with van der Waals surface area (Å²) >= 11 is 0. The number of halogens is 3. The van der Waals surface area contributed by atoms with E-state index in [-0.39, 0.29) is 48.6 Å². The molecule has 0 aliphatic carbocycles. The van der Waals surface area contributed by atoms with E-state index in [1.165, 1.54) is 7.05 Å². The maximum absolute atomic E-state index is 15.3. The monoisotopic (exact) mass is 435 g/mol. The maximum Gasteiger partial charge on any atom is 0.406 e. The summed E-state index contributed by atoms with van der Waals surface area (Å²) in [5, 5.41) is 20.0. The highest BCUT2D eigenvalue weighted by atomic mass is 32.2. The molecule has 1 aromatic carbocycles. The molecule has 1 amide bonds. The van der Waals surface area contributed by atoms with Crippen LogP contribution in [0, 0.1) is 17.0 Å². The van der Waals surface area contributed by atoms with Crippen molar-refractivity contribution < 1.29 is 32.0 Å². The first kappa shape index (κ1) is 23.1. The molecule has 1 atom stereocenters. The average Bonchev–Trinajstić information content (AvgIpc) is 2.68. The van der Waals surface area contributed by atoms with E-state index < -0.39 is 44.8 Å². The summed E-state index contributed by atoms with van der Waals surface area (Å²) in [7, 11) is -0.0140. The van der Waals surface area contributed by atoms with Crippen molar-refractivity contribution in [3.63, 3.8) is 0 Å². The molecule has 1 aromatic rings. The fraction of sp³-hybridized carbons (Fsp3) is 0.556. The van der Waals surface area contributed by atoms with Crippen LogP contribution in [0.4, 0.5) is 18.0 Å². The lowest BCUT2D eigenvalue weighted by Gasteiger charge is -2.32. The third-order valence-corrected chi connectivity index (χ3v) is 7.26. The van der Waals surface area contributed by atoms with Crippen LogP contribution in [0.5, 0.6) is 0 Å². The van der Waals surface area contributed by atoms with Crippen LogP contribution in [0.2, 0.25) is 0 Å². The van der Waals surface area contributed by atoms with Crippen molar-refractivity contribution in [1.29, 1.82) is 5.41 Å². The minimum Gasteiger partial charge on any atom is -0.453 e. The summed E-state index contributed by atoms with van der Waals surface area (Å²) in [5.41, 5.74) is -3.46. The standard InChI is InChI=1S/C18H24F3N3O4S/c1-23-29(27)5-3-18(21,4-6-29)16-13(19)7-11(8-14(16)20)15(22)9-12(25)10-24-17(26)28-2/h7-8,12,22,25H,3-6,9-10H2,1-2H3,(H,24,26)/t12-,18?,29?/m1/s1. The Morgan fingerprint density at radius 3 is 2.41 bits per heavy atom. The molecular weight excluding hydrogens is 411 g/mol. The summed E-state index contributed by atoms with van der Waals surface area (Å²) in [4.78, 5) is 11.0. The second kappa shape index (κ2) is 9.12. The maximum atomic E-state index is 15.3. The van der Waals surface area contributed by atoms with Crippen LogP contribution in [0.1, 0.15) is 30.4 Å². The Labute approximate surface area is 167 Å². The Morgan fingerprint density at radius 2 is 1.93 bits per heavy atom. The number of amides is 1. The van der Waals surface area contributed by atoms with Gasteiger partial charge in [-0.1, -0.05) is 0 Å². The van der Waals surface area contributed by atoms with Gasteiger partial charge in [0.15, 0.2) is 0 Å². The van der Waals surface area contributed by atoms with Crippen LogP contribution < -0.4 is 5.32 Å². The molecule has 0 aromatic heterocycles. The topological polar surface area (TPSA) is 112 Å². The van der Waals surface area contributed by atoms with Gasteiger partial charge < -0.3 is 20.6 Å². The van der Waals surface area contributed by atoms with E-state index in [0.29, 0.717) is 0 Å². The molecule has 0 radical (unpaired) electrons. The molecule has 1 aliphatic heterocycles. The van der Waals surface area contributed by atoms with Gasteiger partial charge in [-0.2, -0.15) is 0 Å². The first-order valence-electron chi connectivity index (χ1n) is 8.90. The zero-order valence-electron chi connectivity index (χ0n) is 16.1. The van der Waals surface area contributed by atoms with E-state index in [1.807, 2.05) is 0 Å². The quantitative estimate of drug-likeness (QED) is 0.596. The molecule has 0 bridgehead atoms. The Balaban J connectivity index is 2.16. The lowest BCUT2D eigenvalue weighted by molar-refractivity contribution is 0.137. The molecule has 162 valence electrons. The number of alkyl halides is 1. The number of aliphatic hydroxyl groups excluding tert-OH is 1. The Bertz CT molecular complexity index is 879. The molecular formula is C18H24F3N3O4S. The van der Waals surface area contributed by atoms with E-state index in [9.17, 15) is 22.9 Å². The number of carbonyl (C=O) groups excluding carboxylic acids is 1. The number of aliphatic hydroxyl groups is 1. The average molecular weight is 435 g/mol. The highest BCUT2D eigenvalue weighted by molar-refractivity contribution is 7.93. The minimum absolute atomic E-state index is 0.0875. The zero-order valence-corrected chi connectivity index (χ0v) is 17.0. The number of methoxy groups -OCH3 is 1. The first-order chi connectivity index (χ1) is 13.5. The van der Waals surface area contributed by atoms with Gasteiger partial charge in [-0.25, -0.2) is 26.5 Å². The van der Waals surface area contributed by atoms with Crippen molar-refractivity contribution in [3.05, 3.63) is 34.9 Å². The predicted octanol–water partition coefficient (Wildman–Crippen LogP) is 2.50. The predicted molar refractivity (Wildman–Crippen MR) is 102 cm³/mol. The third-order valence-electron chi connectivity index (χ3n) is 4.91. The number of ether oxygens (including phenoxy) is 1. The second-order valence-electron chi connectivity index (χ2n) is 6.85. The number of rotatable bonds is 6. The van der Waals surface area contributed by atoms with E-state index in [4.69, 9.17) is 5.41 Å². The van der Waals surface area contributed by atoms with Gasteiger partial charge in [0.05, 0.1) is 18.8 Å². The fourth-order valence-electron chi connectivity index (χ4n) is 3.18. The summed E-state index contributed by atoms with van der Waals surface area (Å²) in [6.45, 7) is -0.215. The van der Waals surface area contributed by atoms with Gasteiger partial charge in [0.25, 0.3) is 0 Å². The van der Waals surface area contributed by atoms with Crippen LogP contribution in [-0.2, 0) is 20.1 Å². The number of hydrogen-bond acceptors (Lipinski definition) is 6. The molecule has 7 nitrogen and oxygen atoms in total. The second-order valence-corrected chi connectivity index (χ2v) is 9.58. The van der Waals surface area contributed by atoms with E-state index in [2.05, 4.69) is 14.4 Å².